The maximum atomic E-state index is 12.2. The van der Waals surface area contributed by atoms with Gasteiger partial charge in [0.05, 0.1) is 17.3 Å². The summed E-state index contributed by atoms with van der Waals surface area (Å²) in [5.74, 6) is 0.492. The summed E-state index contributed by atoms with van der Waals surface area (Å²) in [4.78, 5) is 18.1. The summed E-state index contributed by atoms with van der Waals surface area (Å²) < 4.78 is 0. The van der Waals surface area contributed by atoms with E-state index in [-0.39, 0.29) is 5.91 Å². The maximum absolute atomic E-state index is 12.2. The van der Waals surface area contributed by atoms with Crippen molar-refractivity contribution in [3.63, 3.8) is 0 Å². The minimum atomic E-state index is 0.0870. The zero-order valence-electron chi connectivity index (χ0n) is 10.8. The number of halogens is 1. The lowest BCUT2D eigenvalue weighted by Crippen LogP contribution is -2.34. The molecule has 2 N–H and O–H groups in total. The standard InChI is InChI=1S/C15H14ClN3O/c16-11-6-7-14(17)18-12(11)9-19-13-4-2-1-3-10(13)5-8-15(19)20/h1-4,6-7H,5,8-9H2,(H2,17,18). The lowest BCUT2D eigenvalue weighted by atomic mass is 10.0. The molecule has 0 radical (unpaired) electrons. The molecule has 1 aromatic heterocycles. The lowest BCUT2D eigenvalue weighted by molar-refractivity contribution is -0.119. The Balaban J connectivity index is 1.97. The Morgan fingerprint density at radius 1 is 1.20 bits per heavy atom. The van der Waals surface area contributed by atoms with Crippen molar-refractivity contribution in [3.8, 4) is 0 Å². The number of carbonyl (C=O) groups excluding carboxylic acids is 1. The molecular formula is C15H14ClN3O. The number of carbonyl (C=O) groups is 1. The number of benzene rings is 1. The van der Waals surface area contributed by atoms with E-state index < -0.39 is 0 Å². The molecule has 0 atom stereocenters. The third-order valence-corrected chi connectivity index (χ3v) is 3.78. The Morgan fingerprint density at radius 3 is 2.85 bits per heavy atom. The molecule has 0 saturated carbocycles. The van der Waals surface area contributed by atoms with Crippen molar-refractivity contribution in [3.05, 3.63) is 52.7 Å². The van der Waals surface area contributed by atoms with Crippen molar-refractivity contribution in [1.29, 1.82) is 0 Å². The van der Waals surface area contributed by atoms with Crippen molar-refractivity contribution >= 4 is 29.0 Å². The average molecular weight is 288 g/mol. The van der Waals surface area contributed by atoms with Gasteiger partial charge >= 0.3 is 0 Å². The van der Waals surface area contributed by atoms with Crippen molar-refractivity contribution in [2.75, 3.05) is 10.6 Å². The van der Waals surface area contributed by atoms with Crippen molar-refractivity contribution < 1.29 is 4.79 Å². The predicted octanol–water partition coefficient (Wildman–Crippen LogP) is 2.80. The van der Waals surface area contributed by atoms with Crippen LogP contribution in [0.4, 0.5) is 11.5 Å². The van der Waals surface area contributed by atoms with E-state index in [0.29, 0.717) is 29.5 Å². The molecule has 1 aliphatic heterocycles. The van der Waals surface area contributed by atoms with E-state index in [0.717, 1.165) is 12.1 Å². The number of para-hydroxylation sites is 1. The largest absolute Gasteiger partial charge is 0.384 e. The lowest BCUT2D eigenvalue weighted by Gasteiger charge is -2.29. The van der Waals surface area contributed by atoms with Crippen molar-refractivity contribution in [1.82, 2.24) is 4.98 Å². The second-order valence-electron chi connectivity index (χ2n) is 4.77. The van der Waals surface area contributed by atoms with Crippen molar-refractivity contribution in [2.24, 2.45) is 0 Å². The summed E-state index contributed by atoms with van der Waals surface area (Å²) in [6, 6.07) is 11.3. The molecule has 1 aliphatic rings. The second kappa shape index (κ2) is 5.13. The van der Waals surface area contributed by atoms with Gasteiger partial charge in [-0.2, -0.15) is 0 Å². The number of anilines is 2. The predicted molar refractivity (Wildman–Crippen MR) is 79.6 cm³/mol. The number of rotatable bonds is 2. The van der Waals surface area contributed by atoms with E-state index in [9.17, 15) is 4.79 Å². The van der Waals surface area contributed by atoms with Crippen LogP contribution in [-0.4, -0.2) is 10.9 Å². The Morgan fingerprint density at radius 2 is 2.00 bits per heavy atom. The first-order valence-electron chi connectivity index (χ1n) is 6.44. The number of hydrogen-bond donors (Lipinski definition) is 1. The Labute approximate surface area is 122 Å². The minimum Gasteiger partial charge on any atom is -0.384 e. The van der Waals surface area contributed by atoms with E-state index in [1.165, 1.54) is 5.56 Å². The van der Waals surface area contributed by atoms with Crippen LogP contribution in [0.15, 0.2) is 36.4 Å². The van der Waals surface area contributed by atoms with E-state index >= 15 is 0 Å². The summed E-state index contributed by atoms with van der Waals surface area (Å²) in [5, 5.41) is 0.523. The van der Waals surface area contributed by atoms with Gasteiger partial charge in [-0.05, 0) is 30.2 Å². The molecule has 4 nitrogen and oxygen atoms in total. The molecule has 102 valence electrons. The van der Waals surface area contributed by atoms with Gasteiger partial charge in [0.1, 0.15) is 5.82 Å². The van der Waals surface area contributed by atoms with Gasteiger partial charge in [-0.25, -0.2) is 4.98 Å². The first-order valence-corrected chi connectivity index (χ1v) is 6.82. The number of aryl methyl sites for hydroxylation is 1. The zero-order valence-corrected chi connectivity index (χ0v) is 11.6. The topological polar surface area (TPSA) is 59.2 Å². The number of nitrogens with two attached hydrogens (primary N) is 1. The fourth-order valence-electron chi connectivity index (χ4n) is 2.43. The zero-order chi connectivity index (χ0) is 14.1. The average Bonchev–Trinajstić information content (AvgIpc) is 2.46. The second-order valence-corrected chi connectivity index (χ2v) is 5.18. The Bertz CT molecular complexity index is 672. The number of pyridine rings is 1. The van der Waals surface area contributed by atoms with Gasteiger partial charge in [0, 0.05) is 12.1 Å². The third-order valence-electron chi connectivity index (χ3n) is 3.44. The molecule has 20 heavy (non-hydrogen) atoms. The van der Waals surface area contributed by atoms with Crippen LogP contribution < -0.4 is 10.6 Å². The summed E-state index contributed by atoms with van der Waals surface area (Å²) in [6.45, 7) is 0.347. The monoisotopic (exact) mass is 287 g/mol. The van der Waals surface area contributed by atoms with Gasteiger partial charge in [0.15, 0.2) is 0 Å². The normalized spacial score (nSPS) is 14.2. The third kappa shape index (κ3) is 2.34. The molecule has 5 heteroatoms. The van der Waals surface area contributed by atoms with Crippen LogP contribution in [0.3, 0.4) is 0 Å². The van der Waals surface area contributed by atoms with Crippen LogP contribution in [-0.2, 0) is 17.8 Å². The molecule has 3 rings (SSSR count). The van der Waals surface area contributed by atoms with Crippen LogP contribution in [0.5, 0.6) is 0 Å². The molecule has 0 saturated heterocycles. The van der Waals surface area contributed by atoms with Gasteiger partial charge in [-0.15, -0.1) is 0 Å². The fraction of sp³-hybridized carbons (Fsp3) is 0.200. The number of hydrogen-bond acceptors (Lipinski definition) is 3. The van der Waals surface area contributed by atoms with E-state index in [4.69, 9.17) is 17.3 Å². The highest BCUT2D eigenvalue weighted by atomic mass is 35.5. The maximum Gasteiger partial charge on any atom is 0.227 e. The van der Waals surface area contributed by atoms with Gasteiger partial charge in [-0.3, -0.25) is 4.79 Å². The Kier molecular flexibility index (Phi) is 3.32. The molecule has 0 aliphatic carbocycles. The highest BCUT2D eigenvalue weighted by molar-refractivity contribution is 6.31. The van der Waals surface area contributed by atoms with Gasteiger partial charge in [-0.1, -0.05) is 29.8 Å². The van der Waals surface area contributed by atoms with Crippen LogP contribution in [0, 0.1) is 0 Å². The molecule has 1 aromatic carbocycles. The number of fused-ring (bicyclic) bond motifs is 1. The summed E-state index contributed by atoms with van der Waals surface area (Å²) >= 11 is 6.13. The molecule has 0 bridgehead atoms. The molecule has 0 unspecified atom stereocenters. The van der Waals surface area contributed by atoms with Crippen LogP contribution in [0.2, 0.25) is 5.02 Å². The molecule has 1 amide bonds. The van der Waals surface area contributed by atoms with Crippen LogP contribution in [0.25, 0.3) is 0 Å². The van der Waals surface area contributed by atoms with Gasteiger partial charge in [0.25, 0.3) is 0 Å². The quantitative estimate of drug-likeness (QED) is 0.924. The number of amides is 1. The van der Waals surface area contributed by atoms with Gasteiger partial charge in [0.2, 0.25) is 5.91 Å². The Hall–Kier alpha value is -2.07. The minimum absolute atomic E-state index is 0.0870. The number of aromatic nitrogens is 1. The van der Waals surface area contributed by atoms with Crippen LogP contribution in [0.1, 0.15) is 17.7 Å². The van der Waals surface area contributed by atoms with Crippen molar-refractivity contribution in [2.45, 2.75) is 19.4 Å². The summed E-state index contributed by atoms with van der Waals surface area (Å²) in [7, 11) is 0. The number of nitrogens with zero attached hydrogens (tertiary/aromatic N) is 2. The molecule has 2 aromatic rings. The van der Waals surface area contributed by atoms with E-state index in [1.54, 1.807) is 17.0 Å². The number of nitrogen functional groups attached to an aromatic ring is 1. The molecule has 0 spiro atoms. The smallest absolute Gasteiger partial charge is 0.227 e. The van der Waals surface area contributed by atoms with Crippen LogP contribution >= 0.6 is 11.6 Å². The van der Waals surface area contributed by atoms with E-state index in [1.807, 2.05) is 24.3 Å². The fourth-order valence-corrected chi connectivity index (χ4v) is 2.60. The summed E-state index contributed by atoms with van der Waals surface area (Å²) in [5.41, 5.74) is 8.42. The highest BCUT2D eigenvalue weighted by Crippen LogP contribution is 2.29. The first kappa shape index (κ1) is 12.9. The molecular weight excluding hydrogens is 274 g/mol. The first-order chi connectivity index (χ1) is 9.65. The molecule has 2 heterocycles. The van der Waals surface area contributed by atoms with Gasteiger partial charge < -0.3 is 10.6 Å². The SMILES string of the molecule is Nc1ccc(Cl)c(CN2C(=O)CCc3ccccc32)n1. The summed E-state index contributed by atoms with van der Waals surface area (Å²) in [6.07, 6.45) is 1.29. The van der Waals surface area contributed by atoms with E-state index in [2.05, 4.69) is 4.98 Å². The highest BCUT2D eigenvalue weighted by Gasteiger charge is 2.24. The molecule has 0 fully saturated rings.